The highest BCUT2D eigenvalue weighted by molar-refractivity contribution is 7.18. The first-order valence-corrected chi connectivity index (χ1v) is 11.6. The summed E-state index contributed by atoms with van der Waals surface area (Å²) in [7, 11) is 0. The number of hydrogen-bond acceptors (Lipinski definition) is 7. The van der Waals surface area contributed by atoms with Gasteiger partial charge in [-0.05, 0) is 38.5 Å². The van der Waals surface area contributed by atoms with Crippen molar-refractivity contribution in [3.05, 3.63) is 81.4 Å². The van der Waals surface area contributed by atoms with Crippen molar-refractivity contribution in [2.45, 2.75) is 33.7 Å². The first kappa shape index (κ1) is 23.4. The van der Waals surface area contributed by atoms with Crippen LogP contribution in [0.25, 0.3) is 5.76 Å². The van der Waals surface area contributed by atoms with Crippen molar-refractivity contribution in [2.24, 2.45) is 0 Å². The van der Waals surface area contributed by atoms with Gasteiger partial charge in [-0.15, -0.1) is 0 Å². The van der Waals surface area contributed by atoms with Crippen LogP contribution >= 0.6 is 11.3 Å². The molecule has 1 aromatic heterocycles. The van der Waals surface area contributed by atoms with Crippen molar-refractivity contribution in [1.29, 1.82) is 0 Å². The lowest BCUT2D eigenvalue weighted by molar-refractivity contribution is -0.132. The molecule has 8 heteroatoms. The van der Waals surface area contributed by atoms with Crippen LogP contribution in [0, 0.1) is 13.8 Å². The van der Waals surface area contributed by atoms with Crippen LogP contribution in [0.1, 0.15) is 51.9 Å². The van der Waals surface area contributed by atoms with Crippen LogP contribution in [0.3, 0.4) is 0 Å². The molecule has 2 heterocycles. The number of aliphatic hydroxyl groups excluding tert-OH is 1. The summed E-state index contributed by atoms with van der Waals surface area (Å²) in [5, 5.41) is 11.4. The van der Waals surface area contributed by atoms with Gasteiger partial charge in [0, 0.05) is 12.5 Å². The minimum Gasteiger partial charge on any atom is -0.507 e. The van der Waals surface area contributed by atoms with Gasteiger partial charge in [0.25, 0.3) is 5.78 Å². The molecule has 0 spiro atoms. The second kappa shape index (κ2) is 9.23. The van der Waals surface area contributed by atoms with Crippen LogP contribution in [0.2, 0.25) is 0 Å². The summed E-state index contributed by atoms with van der Waals surface area (Å²) in [6.45, 7) is 7.33. The molecule has 0 aliphatic carbocycles. The van der Waals surface area contributed by atoms with Gasteiger partial charge in [-0.3, -0.25) is 19.3 Å². The van der Waals surface area contributed by atoms with Gasteiger partial charge in [0.05, 0.1) is 28.8 Å². The molecular weight excluding hydrogens is 452 g/mol. The molecule has 174 valence electrons. The largest absolute Gasteiger partial charge is 0.507 e. The Morgan fingerprint density at radius 2 is 1.85 bits per heavy atom. The maximum atomic E-state index is 13.3. The maximum Gasteiger partial charge on any atom is 0.301 e. The number of aromatic nitrogens is 1. The molecule has 1 atom stereocenters. The van der Waals surface area contributed by atoms with Gasteiger partial charge in [-0.25, -0.2) is 4.98 Å². The van der Waals surface area contributed by atoms with Crippen LogP contribution in [-0.4, -0.2) is 34.2 Å². The molecule has 0 radical (unpaired) electrons. The van der Waals surface area contributed by atoms with E-state index in [0.717, 1.165) is 16.9 Å². The number of aryl methyl sites for hydroxylation is 2. The summed E-state index contributed by atoms with van der Waals surface area (Å²) in [5.41, 5.74) is 2.44. The Kier molecular flexibility index (Phi) is 6.34. The Bertz CT molecular complexity index is 1320. The fourth-order valence-electron chi connectivity index (χ4n) is 3.97. The third-order valence-electron chi connectivity index (χ3n) is 5.57. The van der Waals surface area contributed by atoms with Gasteiger partial charge in [0.15, 0.2) is 10.9 Å². The van der Waals surface area contributed by atoms with Gasteiger partial charge in [-0.2, -0.15) is 0 Å². The summed E-state index contributed by atoms with van der Waals surface area (Å²) in [5.74, 6) is -1.51. The molecule has 3 aromatic rings. The lowest BCUT2D eigenvalue weighted by atomic mass is 9.95. The lowest BCUT2D eigenvalue weighted by Gasteiger charge is -2.23. The van der Waals surface area contributed by atoms with Gasteiger partial charge in [-0.1, -0.05) is 53.3 Å². The fraction of sp³-hybridized carbons (Fsp3) is 0.231. The van der Waals surface area contributed by atoms with E-state index in [-0.39, 0.29) is 22.2 Å². The zero-order valence-corrected chi connectivity index (χ0v) is 20.1. The second-order valence-corrected chi connectivity index (χ2v) is 8.99. The minimum absolute atomic E-state index is 0.0419. The predicted octanol–water partition coefficient (Wildman–Crippen LogP) is 4.99. The van der Waals surface area contributed by atoms with E-state index in [1.807, 2.05) is 26.0 Å². The van der Waals surface area contributed by atoms with Crippen molar-refractivity contribution in [2.75, 3.05) is 11.5 Å². The Hall–Kier alpha value is -3.78. The third kappa shape index (κ3) is 4.12. The number of nitrogens with zero attached hydrogens (tertiary/aromatic N) is 2. The quantitative estimate of drug-likeness (QED) is 0.233. The molecule has 2 aromatic carbocycles. The number of ether oxygens (including phenoxy) is 1. The standard InChI is InChI=1S/C26H24N2O5S/c1-5-33-19-8-6-7-18(13-19)21-20(22(30)17-11-9-14(2)10-12-17)23(31)25(32)28(21)26-27-15(3)24(34-26)16(4)29/h6-13,21,30H,5H2,1-4H3/b22-20+. The summed E-state index contributed by atoms with van der Waals surface area (Å²) < 4.78 is 5.62. The number of rotatable bonds is 6. The highest BCUT2D eigenvalue weighted by atomic mass is 32.1. The monoisotopic (exact) mass is 476 g/mol. The Labute approximate surface area is 201 Å². The number of carbonyl (C=O) groups is 3. The number of hydrogen-bond donors (Lipinski definition) is 1. The fourth-order valence-corrected chi connectivity index (χ4v) is 4.95. The van der Waals surface area contributed by atoms with Crippen molar-refractivity contribution in [1.82, 2.24) is 4.98 Å². The van der Waals surface area contributed by atoms with Crippen LogP contribution in [0.5, 0.6) is 5.75 Å². The number of amides is 1. The zero-order valence-electron chi connectivity index (χ0n) is 19.3. The summed E-state index contributed by atoms with van der Waals surface area (Å²) in [6, 6.07) is 13.1. The number of thiazole rings is 1. The lowest BCUT2D eigenvalue weighted by Crippen LogP contribution is -2.29. The number of carbonyl (C=O) groups excluding carboxylic acids is 3. The molecule has 1 unspecified atom stereocenters. The van der Waals surface area contributed by atoms with Crippen LogP contribution in [-0.2, 0) is 9.59 Å². The van der Waals surface area contributed by atoms with Crippen molar-refractivity contribution >= 4 is 39.7 Å². The highest BCUT2D eigenvalue weighted by Gasteiger charge is 2.48. The third-order valence-corrected chi connectivity index (χ3v) is 6.82. The molecule has 1 aliphatic heterocycles. The van der Waals surface area contributed by atoms with E-state index in [1.165, 1.54) is 11.8 Å². The number of anilines is 1. The Morgan fingerprint density at radius 1 is 1.15 bits per heavy atom. The SMILES string of the molecule is CCOc1cccc(C2/C(=C(\O)c3ccc(C)cc3)C(=O)C(=O)N2c2nc(C)c(C(C)=O)s2)c1. The molecule has 34 heavy (non-hydrogen) atoms. The number of aliphatic hydroxyl groups is 1. The molecule has 1 fully saturated rings. The van der Waals surface area contributed by atoms with E-state index in [1.54, 1.807) is 43.3 Å². The molecule has 0 bridgehead atoms. The van der Waals surface area contributed by atoms with Crippen molar-refractivity contribution in [3.8, 4) is 5.75 Å². The second-order valence-electron chi connectivity index (χ2n) is 8.01. The molecule has 1 amide bonds. The maximum absolute atomic E-state index is 13.3. The summed E-state index contributed by atoms with van der Waals surface area (Å²) in [6.07, 6.45) is 0. The Balaban J connectivity index is 1.95. The van der Waals surface area contributed by atoms with Gasteiger partial charge < -0.3 is 9.84 Å². The summed E-state index contributed by atoms with van der Waals surface area (Å²) in [4.78, 5) is 44.7. The highest BCUT2D eigenvalue weighted by Crippen LogP contribution is 2.44. The van der Waals surface area contributed by atoms with Crippen LogP contribution in [0.4, 0.5) is 5.13 Å². The molecular formula is C26H24N2O5S. The number of benzene rings is 2. The number of ketones is 2. The topological polar surface area (TPSA) is 96.8 Å². The molecule has 1 saturated heterocycles. The van der Waals surface area contributed by atoms with E-state index >= 15 is 0 Å². The van der Waals surface area contributed by atoms with E-state index < -0.39 is 17.7 Å². The molecule has 0 saturated carbocycles. The van der Waals surface area contributed by atoms with Gasteiger partial charge in [0.2, 0.25) is 0 Å². The van der Waals surface area contributed by atoms with E-state index in [2.05, 4.69) is 4.98 Å². The van der Waals surface area contributed by atoms with E-state index in [9.17, 15) is 19.5 Å². The van der Waals surface area contributed by atoms with Crippen LogP contribution in [0.15, 0.2) is 54.1 Å². The normalized spacial score (nSPS) is 17.3. The minimum atomic E-state index is -0.938. The van der Waals surface area contributed by atoms with E-state index in [0.29, 0.717) is 34.1 Å². The Morgan fingerprint density at radius 3 is 2.47 bits per heavy atom. The van der Waals surface area contributed by atoms with Gasteiger partial charge >= 0.3 is 5.91 Å². The van der Waals surface area contributed by atoms with Crippen LogP contribution < -0.4 is 9.64 Å². The predicted molar refractivity (Wildman–Crippen MR) is 130 cm³/mol. The van der Waals surface area contributed by atoms with Crippen molar-refractivity contribution < 1.29 is 24.2 Å². The molecule has 7 nitrogen and oxygen atoms in total. The molecule has 1 N–H and O–H groups in total. The smallest absolute Gasteiger partial charge is 0.301 e. The van der Waals surface area contributed by atoms with Gasteiger partial charge in [0.1, 0.15) is 11.5 Å². The zero-order chi connectivity index (χ0) is 24.6. The summed E-state index contributed by atoms with van der Waals surface area (Å²) >= 11 is 1.05. The molecule has 1 aliphatic rings. The number of Topliss-reactive ketones (excluding diaryl/α,β-unsaturated/α-hetero) is 2. The molecule has 4 rings (SSSR count). The van der Waals surface area contributed by atoms with Crippen molar-refractivity contribution in [3.63, 3.8) is 0 Å². The first-order chi connectivity index (χ1) is 16.2. The average molecular weight is 477 g/mol. The average Bonchev–Trinajstić information content (AvgIpc) is 3.31. The van der Waals surface area contributed by atoms with E-state index in [4.69, 9.17) is 4.74 Å². The first-order valence-electron chi connectivity index (χ1n) is 10.8.